The Hall–Kier alpha value is -5.25. The van der Waals surface area contributed by atoms with Crippen LogP contribution in [-0.4, -0.2) is 120 Å². The van der Waals surface area contributed by atoms with Gasteiger partial charge in [-0.15, -0.1) is 0 Å². The van der Waals surface area contributed by atoms with Crippen LogP contribution in [0.3, 0.4) is 0 Å². The molecule has 4 atom stereocenters. The maximum absolute atomic E-state index is 13.4. The number of likely N-dealkylation sites (tertiary alicyclic amines) is 1. The minimum atomic E-state index is -0.865. The molecule has 1 aromatic heterocycles. The summed E-state index contributed by atoms with van der Waals surface area (Å²) in [5.74, 6) is 0.283. The highest BCUT2D eigenvalue weighted by molar-refractivity contribution is 9.10. The number of aryl methyl sites for hydroxylation is 2. The number of nitrogens with zero attached hydrogens (tertiary/aromatic N) is 6. The van der Waals surface area contributed by atoms with E-state index in [0.29, 0.717) is 59.6 Å². The molecule has 15 heteroatoms. The summed E-state index contributed by atoms with van der Waals surface area (Å²) in [5.41, 5.74) is 6.03. The van der Waals surface area contributed by atoms with Gasteiger partial charge in [-0.1, -0.05) is 36.4 Å². The zero-order valence-corrected chi connectivity index (χ0v) is 36.4. The number of rotatable bonds is 15. The number of anilines is 2. The van der Waals surface area contributed by atoms with E-state index >= 15 is 0 Å². The number of piperidine rings is 2. The third kappa shape index (κ3) is 9.85. The number of aromatic nitrogens is 2. The lowest BCUT2D eigenvalue weighted by Gasteiger charge is -2.37. The molecule has 0 saturated carbocycles. The normalized spacial score (nSPS) is 20.4. The smallest absolute Gasteiger partial charge is 0.282 e. The van der Waals surface area contributed by atoms with Gasteiger partial charge in [0.2, 0.25) is 5.91 Å². The van der Waals surface area contributed by atoms with Gasteiger partial charge in [-0.25, -0.2) is 4.68 Å². The number of aliphatic hydroxyl groups is 1. The van der Waals surface area contributed by atoms with Crippen molar-refractivity contribution in [1.29, 1.82) is 0 Å². The van der Waals surface area contributed by atoms with E-state index in [-0.39, 0.29) is 35.2 Å². The Balaban J connectivity index is 0.827. The number of hydrogen-bond donors (Lipinski definition) is 3. The van der Waals surface area contributed by atoms with Gasteiger partial charge in [-0.2, -0.15) is 5.10 Å². The molecule has 2 fully saturated rings. The van der Waals surface area contributed by atoms with Gasteiger partial charge < -0.3 is 40.1 Å². The molecule has 0 radical (unpaired) electrons. The Labute approximate surface area is 359 Å². The number of amides is 3. The highest BCUT2D eigenvalue weighted by Crippen LogP contribution is 2.34. The molecule has 3 N–H and O–H groups in total. The van der Waals surface area contributed by atoms with Gasteiger partial charge in [-0.3, -0.25) is 19.2 Å². The van der Waals surface area contributed by atoms with E-state index < -0.39 is 12.3 Å². The lowest BCUT2D eigenvalue weighted by atomic mass is 9.87. The zero-order chi connectivity index (χ0) is 42.5. The first-order chi connectivity index (χ1) is 28.9. The first-order valence-corrected chi connectivity index (χ1v) is 21.5. The summed E-state index contributed by atoms with van der Waals surface area (Å²) in [6.07, 6.45) is 4.95. The molecule has 14 nitrogen and oxygen atoms in total. The SMILES string of the molecule is CN1C[C@@H](Nc2cnn(C)c(=O)c2Br)C[C@@H](c2ccc(C(=O)N(C)CCCN(C)c3ccc(CCCOc4cccc5c4C(=O)N(C4CCC(O)NC4=O)C5)cc3)cc2)C1. The monoisotopic (exact) mass is 882 g/mol. The summed E-state index contributed by atoms with van der Waals surface area (Å²) in [6.45, 7) is 3.98. The van der Waals surface area contributed by atoms with Crippen molar-refractivity contribution in [2.24, 2.45) is 7.05 Å². The highest BCUT2D eigenvalue weighted by Gasteiger charge is 2.40. The van der Waals surface area contributed by atoms with Crippen molar-refractivity contribution in [3.8, 4) is 5.75 Å². The highest BCUT2D eigenvalue weighted by atomic mass is 79.9. The number of aliphatic hydroxyl groups excluding tert-OH is 1. The van der Waals surface area contributed by atoms with Gasteiger partial charge in [0, 0.05) is 71.2 Å². The first kappa shape index (κ1) is 42.9. The molecule has 0 spiro atoms. The van der Waals surface area contributed by atoms with Gasteiger partial charge in [0.15, 0.2) is 0 Å². The Morgan fingerprint density at radius 2 is 1.75 bits per heavy atom. The number of carbonyl (C=O) groups excluding carboxylic acids is 3. The van der Waals surface area contributed by atoms with Crippen molar-refractivity contribution < 1.29 is 24.2 Å². The molecule has 4 aromatic rings. The van der Waals surface area contributed by atoms with Crippen molar-refractivity contribution in [3.05, 3.63) is 116 Å². The Morgan fingerprint density at radius 1 is 0.983 bits per heavy atom. The summed E-state index contributed by atoms with van der Waals surface area (Å²) >= 11 is 3.42. The average Bonchev–Trinajstić information content (AvgIpc) is 3.58. The van der Waals surface area contributed by atoms with E-state index in [0.717, 1.165) is 56.6 Å². The maximum Gasteiger partial charge on any atom is 0.282 e. The van der Waals surface area contributed by atoms with Crippen LogP contribution in [0.25, 0.3) is 0 Å². The van der Waals surface area contributed by atoms with Crippen LogP contribution >= 0.6 is 15.9 Å². The Bertz CT molecular complexity index is 2230. The fraction of sp³-hybridized carbons (Fsp3) is 0.444. The van der Waals surface area contributed by atoms with Crippen LogP contribution in [0.4, 0.5) is 11.4 Å². The molecule has 4 heterocycles. The average molecular weight is 884 g/mol. The predicted octanol–water partition coefficient (Wildman–Crippen LogP) is 4.61. The second kappa shape index (κ2) is 19.0. The fourth-order valence-electron chi connectivity index (χ4n) is 8.57. The Kier molecular flexibility index (Phi) is 13.6. The van der Waals surface area contributed by atoms with Crippen molar-refractivity contribution in [1.82, 2.24) is 29.8 Å². The molecule has 3 aliphatic heterocycles. The Morgan fingerprint density at radius 3 is 2.50 bits per heavy atom. The summed E-state index contributed by atoms with van der Waals surface area (Å²) in [7, 11) is 7.65. The number of halogens is 1. The van der Waals surface area contributed by atoms with E-state index in [1.807, 2.05) is 37.4 Å². The van der Waals surface area contributed by atoms with Gasteiger partial charge >= 0.3 is 0 Å². The zero-order valence-electron chi connectivity index (χ0n) is 34.8. The minimum absolute atomic E-state index is 0.00100. The number of fused-ring (bicyclic) bond motifs is 1. The molecule has 3 amide bonds. The van der Waals surface area contributed by atoms with Crippen molar-refractivity contribution in [2.45, 2.75) is 69.3 Å². The number of carbonyl (C=O) groups is 3. The van der Waals surface area contributed by atoms with Crippen LogP contribution in [-0.2, 0) is 24.8 Å². The van der Waals surface area contributed by atoms with Crippen LogP contribution < -0.4 is 25.8 Å². The molecule has 318 valence electrons. The first-order valence-electron chi connectivity index (χ1n) is 20.7. The molecular formula is C45H55BrN8O6. The van der Waals surface area contributed by atoms with Crippen molar-refractivity contribution >= 4 is 45.0 Å². The van der Waals surface area contributed by atoms with Crippen LogP contribution in [0.2, 0.25) is 0 Å². The summed E-state index contributed by atoms with van der Waals surface area (Å²) in [4.78, 5) is 59.4. The lowest BCUT2D eigenvalue weighted by molar-refractivity contribution is -0.132. The number of benzene rings is 3. The molecular weight excluding hydrogens is 828 g/mol. The molecule has 3 aliphatic rings. The van der Waals surface area contributed by atoms with Gasteiger partial charge in [0.1, 0.15) is 22.5 Å². The van der Waals surface area contributed by atoms with Crippen LogP contribution in [0.5, 0.6) is 5.75 Å². The quantitative estimate of drug-likeness (QED) is 0.145. The van der Waals surface area contributed by atoms with E-state index in [9.17, 15) is 24.3 Å². The molecule has 0 bridgehead atoms. The lowest BCUT2D eigenvalue weighted by Crippen LogP contribution is -2.54. The number of nitrogens with one attached hydrogen (secondary N) is 2. The molecule has 2 unspecified atom stereocenters. The summed E-state index contributed by atoms with van der Waals surface area (Å²) in [5, 5.41) is 20.0. The third-order valence-electron chi connectivity index (χ3n) is 11.9. The largest absolute Gasteiger partial charge is 0.493 e. The van der Waals surface area contributed by atoms with E-state index in [2.05, 4.69) is 92.0 Å². The van der Waals surface area contributed by atoms with Gasteiger partial charge in [-0.05, 0) is 114 Å². The van der Waals surface area contributed by atoms with Crippen molar-refractivity contribution in [3.63, 3.8) is 0 Å². The van der Waals surface area contributed by atoms with E-state index in [1.165, 1.54) is 15.8 Å². The predicted molar refractivity (Wildman–Crippen MR) is 234 cm³/mol. The van der Waals surface area contributed by atoms with Gasteiger partial charge in [0.25, 0.3) is 17.4 Å². The van der Waals surface area contributed by atoms with E-state index in [1.54, 1.807) is 23.0 Å². The number of hydrogen-bond acceptors (Lipinski definition) is 10. The van der Waals surface area contributed by atoms with Crippen LogP contribution in [0, 0.1) is 0 Å². The second-order valence-electron chi connectivity index (χ2n) is 16.4. The fourth-order valence-corrected chi connectivity index (χ4v) is 9.04. The molecule has 60 heavy (non-hydrogen) atoms. The third-order valence-corrected chi connectivity index (χ3v) is 12.7. The summed E-state index contributed by atoms with van der Waals surface area (Å²) < 4.78 is 7.90. The number of ether oxygens (including phenoxy) is 1. The minimum Gasteiger partial charge on any atom is -0.493 e. The molecule has 2 saturated heterocycles. The van der Waals surface area contributed by atoms with Crippen LogP contribution in [0.15, 0.2) is 82.2 Å². The van der Waals surface area contributed by atoms with Crippen molar-refractivity contribution in [2.75, 3.05) is 64.1 Å². The standard InChI is InChI=1S/C45H55BrN8O6/c1-50-26-33(24-34(28-50)48-36-25-47-53(4)45(59)41(36)46)30-13-15-31(16-14-30)43(57)52(3)22-7-21-51(2)35-17-11-29(12-18-35)8-6-23-60-38-10-5-9-32-27-54(44(58)40(32)38)37-19-20-39(55)49-42(37)56/h5,9-18,25,33-34,37,39,48,55H,6-8,19-24,26-28H2,1-4H3,(H,49,56)/t33-,34+,37?,39?/m1/s1. The second-order valence-corrected chi connectivity index (χ2v) is 17.2. The molecule has 3 aromatic carbocycles. The topological polar surface area (TPSA) is 153 Å². The molecule has 0 aliphatic carbocycles. The van der Waals surface area contributed by atoms with Crippen LogP contribution in [0.1, 0.15) is 75.4 Å². The van der Waals surface area contributed by atoms with E-state index in [4.69, 9.17) is 4.74 Å². The van der Waals surface area contributed by atoms with Gasteiger partial charge in [0.05, 0.1) is 24.1 Å². The number of likely N-dealkylation sites (N-methyl/N-ethyl adjacent to an activating group) is 1. The summed E-state index contributed by atoms with van der Waals surface area (Å²) in [6, 6.07) is 21.6. The molecule has 7 rings (SSSR count). The maximum atomic E-state index is 13.4.